The maximum atomic E-state index is 13.0. The number of carbonyl (C=O) groups excluding carboxylic acids is 1. The molecule has 0 spiro atoms. The Kier molecular flexibility index (Phi) is 11.0. The number of fused-ring (bicyclic) bond motifs is 1. The third-order valence-corrected chi connectivity index (χ3v) is 12.3. The van der Waals surface area contributed by atoms with Gasteiger partial charge in [0, 0.05) is 43.0 Å². The summed E-state index contributed by atoms with van der Waals surface area (Å²) in [5.74, 6) is 1.28. The Morgan fingerprint density at radius 1 is 0.763 bits per heavy atom. The van der Waals surface area contributed by atoms with E-state index in [0.717, 1.165) is 93.2 Å². The number of hydrogen-bond donors (Lipinski definition) is 0. The Morgan fingerprint density at radius 2 is 1.36 bits per heavy atom. The molecule has 10 nitrogen and oxygen atoms in total. The number of morpholine rings is 1. The van der Waals surface area contributed by atoms with Crippen LogP contribution in [0.15, 0.2) is 140 Å². The molecule has 0 atom stereocenters. The van der Waals surface area contributed by atoms with E-state index in [1.54, 1.807) is 0 Å². The van der Waals surface area contributed by atoms with Crippen LogP contribution >= 0.6 is 11.3 Å². The summed E-state index contributed by atoms with van der Waals surface area (Å²) >= 11 is 1.50. The lowest BCUT2D eigenvalue weighted by Gasteiger charge is -2.36. The molecule has 9 rings (SSSR count). The first kappa shape index (κ1) is 38.3. The first-order valence-electron chi connectivity index (χ1n) is 20.1. The largest absolute Gasteiger partial charge is 0.465 e. The first-order chi connectivity index (χ1) is 29.1. The van der Waals surface area contributed by atoms with E-state index in [2.05, 4.69) is 137 Å². The number of rotatable bonds is 13. The molecule has 1 aliphatic rings. The zero-order chi connectivity index (χ0) is 40.2. The lowest BCUT2D eigenvalue weighted by Crippen LogP contribution is -2.39. The van der Waals surface area contributed by atoms with Crippen LogP contribution in [0.2, 0.25) is 0 Å². The third-order valence-electron chi connectivity index (χ3n) is 11.2. The van der Waals surface area contributed by atoms with Gasteiger partial charge >= 0.3 is 5.97 Å². The molecule has 0 saturated carbocycles. The van der Waals surface area contributed by atoms with Gasteiger partial charge in [-0.1, -0.05) is 146 Å². The minimum absolute atomic E-state index is 0.344. The van der Waals surface area contributed by atoms with Crippen molar-refractivity contribution in [2.75, 3.05) is 33.4 Å². The molecule has 1 fully saturated rings. The van der Waals surface area contributed by atoms with E-state index in [-0.39, 0.29) is 5.97 Å². The van der Waals surface area contributed by atoms with Crippen LogP contribution in [0.25, 0.3) is 33.5 Å². The van der Waals surface area contributed by atoms with Gasteiger partial charge in [0.2, 0.25) is 0 Å². The quantitative estimate of drug-likeness (QED) is 0.0843. The molecule has 59 heavy (non-hydrogen) atoms. The van der Waals surface area contributed by atoms with Gasteiger partial charge in [0.1, 0.15) is 21.8 Å². The number of imidazole rings is 1. The zero-order valence-corrected chi connectivity index (χ0v) is 34.0. The summed E-state index contributed by atoms with van der Waals surface area (Å²) in [5, 5.41) is 13.9. The van der Waals surface area contributed by atoms with Gasteiger partial charge in [0.25, 0.3) is 0 Å². The highest BCUT2D eigenvalue weighted by Crippen LogP contribution is 2.43. The zero-order valence-electron chi connectivity index (χ0n) is 33.2. The summed E-state index contributed by atoms with van der Waals surface area (Å²) in [4.78, 5) is 22.2. The number of thiophene rings is 1. The highest BCUT2D eigenvalue weighted by molar-refractivity contribution is 7.15. The normalized spacial score (nSPS) is 13.5. The number of ether oxygens (including phenoxy) is 2. The molecule has 0 bridgehead atoms. The molecule has 0 aliphatic carbocycles. The van der Waals surface area contributed by atoms with E-state index in [9.17, 15) is 4.79 Å². The highest BCUT2D eigenvalue weighted by Gasteiger charge is 2.42. The number of tetrazole rings is 1. The second-order valence-corrected chi connectivity index (χ2v) is 15.9. The van der Waals surface area contributed by atoms with E-state index in [1.165, 1.54) is 18.4 Å². The van der Waals surface area contributed by atoms with Crippen molar-refractivity contribution in [1.82, 2.24) is 34.7 Å². The number of nitrogens with zero attached hydrogens (tertiary/aromatic N) is 7. The van der Waals surface area contributed by atoms with Gasteiger partial charge in [0.05, 0.1) is 25.8 Å². The number of aryl methyl sites for hydroxylation is 1. The molecule has 3 aromatic heterocycles. The molecule has 0 unspecified atom stereocenters. The van der Waals surface area contributed by atoms with Crippen LogP contribution in [0.5, 0.6) is 0 Å². The Labute approximate surface area is 347 Å². The smallest absolute Gasteiger partial charge is 0.350 e. The molecule has 8 aromatic rings. The second-order valence-electron chi connectivity index (χ2n) is 14.8. The Morgan fingerprint density at radius 3 is 1.95 bits per heavy atom. The number of carbonyl (C=O) groups is 1. The van der Waals surface area contributed by atoms with Crippen LogP contribution in [0.4, 0.5) is 0 Å². The summed E-state index contributed by atoms with van der Waals surface area (Å²) in [6, 6.07) is 48.5. The predicted octanol–water partition coefficient (Wildman–Crippen LogP) is 8.88. The number of aromatic nitrogens is 6. The maximum Gasteiger partial charge on any atom is 0.350 e. The van der Waals surface area contributed by atoms with E-state index >= 15 is 0 Å². The second kappa shape index (κ2) is 16.9. The molecule has 0 amide bonds. The van der Waals surface area contributed by atoms with Crippen LogP contribution in [0.3, 0.4) is 0 Å². The highest BCUT2D eigenvalue weighted by atomic mass is 32.1. The summed E-state index contributed by atoms with van der Waals surface area (Å²) in [7, 11) is 1.44. The Bertz CT molecular complexity index is 2570. The van der Waals surface area contributed by atoms with Crippen LogP contribution in [0, 0.1) is 0 Å². The number of methoxy groups -OCH3 is 1. The molecule has 0 radical (unpaired) electrons. The standard InChI is InChI=1S/C48H45N7O3S/c1-3-15-42-49-43-44(41(59-45(43)47(56)57-2)33-53-28-30-58-31-29-53)54(42)32-34-24-26-35(27-25-34)39-22-13-14-23-40(39)46-50-51-52-55(46)48(36-16-7-4-8-17-36,37-18-9-5-10-19-37)38-20-11-6-12-21-38/h4-14,16-27H,3,15,28-33H2,1-2H3. The van der Waals surface area contributed by atoms with Gasteiger partial charge in [-0.15, -0.1) is 16.4 Å². The van der Waals surface area contributed by atoms with E-state index in [0.29, 0.717) is 30.5 Å². The summed E-state index contributed by atoms with van der Waals surface area (Å²) < 4.78 is 15.2. The van der Waals surface area contributed by atoms with Crippen molar-refractivity contribution in [3.05, 3.63) is 177 Å². The van der Waals surface area contributed by atoms with Crippen molar-refractivity contribution >= 4 is 28.3 Å². The fourth-order valence-electron chi connectivity index (χ4n) is 8.43. The van der Waals surface area contributed by atoms with Gasteiger partial charge in [-0.2, -0.15) is 0 Å². The van der Waals surface area contributed by atoms with Crippen LogP contribution in [-0.4, -0.2) is 74.0 Å². The van der Waals surface area contributed by atoms with Crippen molar-refractivity contribution in [3.8, 4) is 22.5 Å². The lowest BCUT2D eigenvalue weighted by atomic mass is 9.77. The van der Waals surface area contributed by atoms with Gasteiger partial charge < -0.3 is 14.0 Å². The number of benzene rings is 5. The minimum Gasteiger partial charge on any atom is -0.465 e. The van der Waals surface area contributed by atoms with E-state index in [1.807, 2.05) is 28.9 Å². The van der Waals surface area contributed by atoms with Gasteiger partial charge in [-0.05, 0) is 50.2 Å². The average molecular weight is 800 g/mol. The third kappa shape index (κ3) is 7.15. The molecular weight excluding hydrogens is 755 g/mol. The molecule has 4 heterocycles. The summed E-state index contributed by atoms with van der Waals surface area (Å²) in [5.41, 5.74) is 8.12. The number of hydrogen-bond acceptors (Lipinski definition) is 9. The molecule has 296 valence electrons. The lowest BCUT2D eigenvalue weighted by molar-refractivity contribution is 0.0347. The van der Waals surface area contributed by atoms with Gasteiger partial charge in [0.15, 0.2) is 5.82 Å². The van der Waals surface area contributed by atoms with Crippen LogP contribution < -0.4 is 0 Å². The first-order valence-corrected chi connectivity index (χ1v) is 20.9. The van der Waals surface area contributed by atoms with Crippen molar-refractivity contribution in [2.24, 2.45) is 0 Å². The molecule has 1 aliphatic heterocycles. The minimum atomic E-state index is -0.873. The molecular formula is C48H45N7O3S. The summed E-state index contributed by atoms with van der Waals surface area (Å²) in [6.07, 6.45) is 1.73. The van der Waals surface area contributed by atoms with Crippen LogP contribution in [-0.2, 0) is 34.5 Å². The van der Waals surface area contributed by atoms with Crippen molar-refractivity contribution in [1.29, 1.82) is 0 Å². The van der Waals surface area contributed by atoms with E-state index in [4.69, 9.17) is 24.8 Å². The Balaban J connectivity index is 1.12. The predicted molar refractivity (Wildman–Crippen MR) is 231 cm³/mol. The monoisotopic (exact) mass is 799 g/mol. The van der Waals surface area contributed by atoms with Crippen molar-refractivity contribution < 1.29 is 14.3 Å². The van der Waals surface area contributed by atoms with Gasteiger partial charge in [-0.3, -0.25) is 4.90 Å². The van der Waals surface area contributed by atoms with E-state index < -0.39 is 5.54 Å². The average Bonchev–Trinajstić information content (AvgIpc) is 4.02. The topological polar surface area (TPSA) is 100 Å². The SMILES string of the molecule is CCCc1nc2c(C(=O)OC)sc(CN3CCOCC3)c2n1Cc1ccc(-c2ccccc2-c2nnnn2C(c2ccccc2)(c2ccccc2)c2ccccc2)cc1. The molecule has 0 N–H and O–H groups in total. The Hall–Kier alpha value is -6.27. The fourth-order valence-corrected chi connectivity index (χ4v) is 9.64. The maximum absolute atomic E-state index is 13.0. The number of esters is 1. The molecule has 1 saturated heterocycles. The molecule has 5 aromatic carbocycles. The van der Waals surface area contributed by atoms with Crippen molar-refractivity contribution in [2.45, 2.75) is 38.4 Å². The molecule has 11 heteroatoms. The fraction of sp³-hybridized carbons (Fsp3) is 0.229. The van der Waals surface area contributed by atoms with Gasteiger partial charge in [-0.25, -0.2) is 14.5 Å². The summed E-state index contributed by atoms with van der Waals surface area (Å²) in [6.45, 7) is 6.62. The van der Waals surface area contributed by atoms with Crippen molar-refractivity contribution in [3.63, 3.8) is 0 Å². The van der Waals surface area contributed by atoms with Crippen LogP contribution in [0.1, 0.15) is 56.0 Å².